The lowest BCUT2D eigenvalue weighted by molar-refractivity contribution is -0.384. The summed E-state index contributed by atoms with van der Waals surface area (Å²) in [6.45, 7) is 5.31. The molecule has 9 heteroatoms. The molecule has 2 amide bonds. The van der Waals surface area contributed by atoms with E-state index >= 15 is 0 Å². The molecule has 0 aliphatic carbocycles. The summed E-state index contributed by atoms with van der Waals surface area (Å²) in [5.41, 5.74) is 0.349. The molecule has 1 aromatic carbocycles. The lowest BCUT2D eigenvalue weighted by Gasteiger charge is -2.21. The predicted molar refractivity (Wildman–Crippen MR) is 97.8 cm³/mol. The third-order valence-corrected chi connectivity index (χ3v) is 3.77. The molecule has 0 aromatic heterocycles. The third kappa shape index (κ3) is 7.43. The molecule has 148 valence electrons. The van der Waals surface area contributed by atoms with Crippen molar-refractivity contribution < 1.29 is 24.0 Å². The van der Waals surface area contributed by atoms with Gasteiger partial charge in [0, 0.05) is 12.1 Å². The maximum absolute atomic E-state index is 12.3. The second kappa shape index (κ2) is 10.2. The van der Waals surface area contributed by atoms with Gasteiger partial charge in [-0.3, -0.25) is 19.7 Å². The average molecular weight is 379 g/mol. The number of nitrogens with zero attached hydrogens (tertiary/aromatic N) is 1. The highest BCUT2D eigenvalue weighted by Gasteiger charge is 2.25. The molecule has 0 saturated heterocycles. The van der Waals surface area contributed by atoms with Gasteiger partial charge in [0.15, 0.2) is 0 Å². The minimum atomic E-state index is -0.879. The van der Waals surface area contributed by atoms with Crippen LogP contribution in [-0.2, 0) is 25.5 Å². The van der Waals surface area contributed by atoms with Gasteiger partial charge < -0.3 is 15.4 Å². The zero-order valence-electron chi connectivity index (χ0n) is 15.9. The maximum Gasteiger partial charge on any atom is 0.328 e. The molecule has 0 radical (unpaired) electrons. The SMILES string of the molecule is COC(=O)[C@H](CC(C)C)NC(=O)[C@H](C)NC(=O)Cc1cccc([N+](=O)[O-])c1. The van der Waals surface area contributed by atoms with Crippen molar-refractivity contribution in [1.29, 1.82) is 0 Å². The number of methoxy groups -OCH3 is 1. The zero-order valence-corrected chi connectivity index (χ0v) is 15.9. The lowest BCUT2D eigenvalue weighted by Crippen LogP contribution is -2.51. The van der Waals surface area contributed by atoms with E-state index in [9.17, 15) is 24.5 Å². The van der Waals surface area contributed by atoms with Crippen molar-refractivity contribution in [1.82, 2.24) is 10.6 Å². The van der Waals surface area contributed by atoms with Crippen molar-refractivity contribution in [3.63, 3.8) is 0 Å². The first-order valence-electron chi connectivity index (χ1n) is 8.55. The molecule has 0 bridgehead atoms. The van der Waals surface area contributed by atoms with Crippen LogP contribution in [0.5, 0.6) is 0 Å². The number of rotatable bonds is 9. The van der Waals surface area contributed by atoms with Gasteiger partial charge in [0.2, 0.25) is 11.8 Å². The van der Waals surface area contributed by atoms with Crippen molar-refractivity contribution in [2.75, 3.05) is 7.11 Å². The number of nitrogens with one attached hydrogen (secondary N) is 2. The summed E-state index contributed by atoms with van der Waals surface area (Å²) in [6.07, 6.45) is 0.304. The van der Waals surface area contributed by atoms with Gasteiger partial charge in [0.1, 0.15) is 12.1 Å². The van der Waals surface area contributed by atoms with Gasteiger partial charge >= 0.3 is 5.97 Å². The van der Waals surface area contributed by atoms with Gasteiger partial charge in [-0.15, -0.1) is 0 Å². The van der Waals surface area contributed by atoms with E-state index < -0.39 is 34.8 Å². The van der Waals surface area contributed by atoms with Gasteiger partial charge in [-0.2, -0.15) is 0 Å². The summed E-state index contributed by atoms with van der Waals surface area (Å²) in [7, 11) is 1.24. The van der Waals surface area contributed by atoms with Crippen LogP contribution in [0.1, 0.15) is 32.8 Å². The Hall–Kier alpha value is -2.97. The molecule has 2 atom stereocenters. The minimum Gasteiger partial charge on any atom is -0.467 e. The van der Waals surface area contributed by atoms with Crippen molar-refractivity contribution in [2.24, 2.45) is 5.92 Å². The summed E-state index contributed by atoms with van der Waals surface area (Å²) < 4.78 is 4.69. The molecule has 2 N–H and O–H groups in total. The smallest absolute Gasteiger partial charge is 0.328 e. The number of non-ortho nitro benzene ring substituents is 1. The summed E-state index contributed by atoms with van der Waals surface area (Å²) in [5, 5.41) is 15.9. The van der Waals surface area contributed by atoms with Crippen LogP contribution in [0, 0.1) is 16.0 Å². The van der Waals surface area contributed by atoms with E-state index in [1.165, 1.54) is 32.2 Å². The highest BCUT2D eigenvalue weighted by molar-refractivity contribution is 5.90. The number of nitro groups is 1. The Bertz CT molecular complexity index is 704. The van der Waals surface area contributed by atoms with Gasteiger partial charge in [-0.25, -0.2) is 4.79 Å². The summed E-state index contributed by atoms with van der Waals surface area (Å²) >= 11 is 0. The van der Waals surface area contributed by atoms with Crippen molar-refractivity contribution in [3.05, 3.63) is 39.9 Å². The Balaban J connectivity index is 2.65. The van der Waals surface area contributed by atoms with Crippen LogP contribution in [0.4, 0.5) is 5.69 Å². The Labute approximate surface area is 157 Å². The van der Waals surface area contributed by atoms with Crippen molar-refractivity contribution in [2.45, 2.75) is 45.7 Å². The quantitative estimate of drug-likeness (QED) is 0.379. The van der Waals surface area contributed by atoms with Crippen molar-refractivity contribution >= 4 is 23.5 Å². The first kappa shape index (κ1) is 22.1. The lowest BCUT2D eigenvalue weighted by atomic mass is 10.0. The molecular weight excluding hydrogens is 354 g/mol. The summed E-state index contributed by atoms with van der Waals surface area (Å²) in [5.74, 6) is -1.37. The zero-order chi connectivity index (χ0) is 20.6. The molecule has 0 fully saturated rings. The molecular formula is C18H25N3O6. The van der Waals surface area contributed by atoms with E-state index in [4.69, 9.17) is 0 Å². The van der Waals surface area contributed by atoms with E-state index in [1.807, 2.05) is 13.8 Å². The van der Waals surface area contributed by atoms with Crippen LogP contribution in [0.15, 0.2) is 24.3 Å². The first-order chi connectivity index (χ1) is 12.6. The fourth-order valence-electron chi connectivity index (χ4n) is 2.45. The average Bonchev–Trinajstić information content (AvgIpc) is 2.59. The number of amides is 2. The topological polar surface area (TPSA) is 128 Å². The highest BCUT2D eigenvalue weighted by Crippen LogP contribution is 2.13. The fraction of sp³-hybridized carbons (Fsp3) is 0.500. The van der Waals surface area contributed by atoms with E-state index in [1.54, 1.807) is 6.07 Å². The van der Waals surface area contributed by atoms with E-state index in [0.717, 1.165) is 0 Å². The molecule has 27 heavy (non-hydrogen) atoms. The molecule has 1 aromatic rings. The number of carbonyl (C=O) groups is 3. The summed E-state index contributed by atoms with van der Waals surface area (Å²) in [4.78, 5) is 46.4. The van der Waals surface area contributed by atoms with E-state index in [0.29, 0.717) is 12.0 Å². The Morgan fingerprint density at radius 1 is 1.19 bits per heavy atom. The maximum atomic E-state index is 12.3. The van der Waals surface area contributed by atoms with Crippen LogP contribution in [0.2, 0.25) is 0 Å². The number of esters is 1. The first-order valence-corrected chi connectivity index (χ1v) is 8.55. The molecule has 0 saturated carbocycles. The third-order valence-electron chi connectivity index (χ3n) is 3.77. The summed E-state index contributed by atoms with van der Waals surface area (Å²) in [6, 6.07) is 4.05. The molecule has 0 spiro atoms. The predicted octanol–water partition coefficient (Wildman–Crippen LogP) is 1.35. The van der Waals surface area contributed by atoms with Crippen LogP contribution >= 0.6 is 0 Å². The molecule has 9 nitrogen and oxygen atoms in total. The monoisotopic (exact) mass is 379 g/mol. The number of ether oxygens (including phenoxy) is 1. The van der Waals surface area contributed by atoms with Crippen LogP contribution < -0.4 is 10.6 Å². The van der Waals surface area contributed by atoms with Gasteiger partial charge in [0.25, 0.3) is 5.69 Å². The molecule has 0 unspecified atom stereocenters. The van der Waals surface area contributed by atoms with Gasteiger partial charge in [-0.1, -0.05) is 26.0 Å². The number of nitro benzene ring substituents is 1. The highest BCUT2D eigenvalue weighted by atomic mass is 16.6. The number of hydrogen-bond donors (Lipinski definition) is 2. The van der Waals surface area contributed by atoms with Crippen LogP contribution in [0.3, 0.4) is 0 Å². The Kier molecular flexibility index (Phi) is 8.37. The van der Waals surface area contributed by atoms with Crippen molar-refractivity contribution in [3.8, 4) is 0 Å². The number of benzene rings is 1. The Morgan fingerprint density at radius 3 is 2.41 bits per heavy atom. The number of carbonyl (C=O) groups excluding carboxylic acids is 3. The second-order valence-corrected chi connectivity index (χ2v) is 6.61. The number of hydrogen-bond acceptors (Lipinski definition) is 6. The minimum absolute atomic E-state index is 0.105. The van der Waals surface area contributed by atoms with E-state index in [-0.39, 0.29) is 18.0 Å². The molecule has 0 heterocycles. The Morgan fingerprint density at radius 2 is 1.85 bits per heavy atom. The molecule has 1 rings (SSSR count). The standard InChI is InChI=1S/C18H25N3O6/c1-11(2)8-15(18(24)27-4)20-17(23)12(3)19-16(22)10-13-6-5-7-14(9-13)21(25)26/h5-7,9,11-12,15H,8,10H2,1-4H3,(H,19,22)(H,20,23)/t12-,15-/m0/s1. The van der Waals surface area contributed by atoms with E-state index in [2.05, 4.69) is 15.4 Å². The van der Waals surface area contributed by atoms with Gasteiger partial charge in [-0.05, 0) is 24.8 Å². The van der Waals surface area contributed by atoms with Crippen LogP contribution in [-0.4, -0.2) is 41.9 Å². The largest absolute Gasteiger partial charge is 0.467 e. The normalized spacial score (nSPS) is 12.8. The van der Waals surface area contributed by atoms with Gasteiger partial charge in [0.05, 0.1) is 18.5 Å². The molecule has 0 aliphatic heterocycles. The molecule has 0 aliphatic rings. The fourth-order valence-corrected chi connectivity index (χ4v) is 2.45. The second-order valence-electron chi connectivity index (χ2n) is 6.61. The van der Waals surface area contributed by atoms with Crippen LogP contribution in [0.25, 0.3) is 0 Å².